The molecular weight excluding hydrogens is 321 g/mol. The molecular formula is C15H19BrFN3. The van der Waals surface area contributed by atoms with Gasteiger partial charge >= 0.3 is 0 Å². The third kappa shape index (κ3) is 3.39. The first-order valence-electron chi connectivity index (χ1n) is 6.87. The van der Waals surface area contributed by atoms with Crippen LogP contribution in [0.2, 0.25) is 0 Å². The molecule has 0 fully saturated rings. The number of rotatable bonds is 6. The van der Waals surface area contributed by atoms with Crippen LogP contribution in [0.4, 0.5) is 10.1 Å². The van der Waals surface area contributed by atoms with Gasteiger partial charge in [-0.05, 0) is 47.0 Å². The fourth-order valence-corrected chi connectivity index (χ4v) is 2.67. The van der Waals surface area contributed by atoms with Crippen molar-refractivity contribution in [2.24, 2.45) is 0 Å². The molecule has 1 N–H and O–H groups in total. The minimum absolute atomic E-state index is 0.265. The molecule has 0 atom stereocenters. The molecule has 0 aliphatic heterocycles. The van der Waals surface area contributed by atoms with E-state index in [4.69, 9.17) is 0 Å². The summed E-state index contributed by atoms with van der Waals surface area (Å²) in [7, 11) is 0. The quantitative estimate of drug-likeness (QED) is 0.822. The molecule has 0 aliphatic rings. The van der Waals surface area contributed by atoms with Gasteiger partial charge in [0.05, 0.1) is 24.0 Å². The lowest BCUT2D eigenvalue weighted by Gasteiger charge is -2.12. The summed E-state index contributed by atoms with van der Waals surface area (Å²) in [5.41, 5.74) is 1.39. The standard InChI is InChI=1S/C15H19BrFN3/c1-3-12(4-2)20-9-8-11(19-20)10-18-15-13(16)6-5-7-14(15)17/h5-9,12,18H,3-4,10H2,1-2H3. The molecule has 1 aromatic carbocycles. The number of nitrogens with one attached hydrogen (secondary N) is 1. The van der Waals surface area contributed by atoms with Crippen LogP contribution in [0.5, 0.6) is 0 Å². The lowest BCUT2D eigenvalue weighted by atomic mass is 10.2. The third-order valence-corrected chi connectivity index (χ3v) is 4.05. The second kappa shape index (κ2) is 6.88. The van der Waals surface area contributed by atoms with Gasteiger partial charge in [-0.1, -0.05) is 19.9 Å². The van der Waals surface area contributed by atoms with Crippen molar-refractivity contribution in [3.8, 4) is 0 Å². The summed E-state index contributed by atoms with van der Waals surface area (Å²) in [6.45, 7) is 4.82. The zero-order valence-corrected chi connectivity index (χ0v) is 13.3. The van der Waals surface area contributed by atoms with Crippen molar-refractivity contribution in [1.29, 1.82) is 0 Å². The monoisotopic (exact) mass is 339 g/mol. The Kier molecular flexibility index (Phi) is 5.17. The summed E-state index contributed by atoms with van der Waals surface area (Å²) in [4.78, 5) is 0. The van der Waals surface area contributed by atoms with Gasteiger partial charge in [-0.15, -0.1) is 0 Å². The first-order chi connectivity index (χ1) is 9.65. The molecule has 0 unspecified atom stereocenters. The lowest BCUT2D eigenvalue weighted by molar-refractivity contribution is 0.426. The second-order valence-corrected chi connectivity index (χ2v) is 5.56. The van der Waals surface area contributed by atoms with Gasteiger partial charge in [-0.2, -0.15) is 5.10 Å². The normalized spacial score (nSPS) is 11.1. The van der Waals surface area contributed by atoms with E-state index in [2.05, 4.69) is 40.2 Å². The van der Waals surface area contributed by atoms with Crippen molar-refractivity contribution in [1.82, 2.24) is 9.78 Å². The van der Waals surface area contributed by atoms with E-state index in [1.165, 1.54) is 6.07 Å². The third-order valence-electron chi connectivity index (χ3n) is 3.39. The summed E-state index contributed by atoms with van der Waals surface area (Å²) < 4.78 is 16.4. The zero-order chi connectivity index (χ0) is 14.5. The predicted molar refractivity (Wildman–Crippen MR) is 83.3 cm³/mol. The predicted octanol–water partition coefficient (Wildman–Crippen LogP) is 4.76. The highest BCUT2D eigenvalue weighted by atomic mass is 79.9. The second-order valence-electron chi connectivity index (χ2n) is 4.71. The van der Waals surface area contributed by atoms with E-state index >= 15 is 0 Å². The number of halogens is 2. The largest absolute Gasteiger partial charge is 0.376 e. The Morgan fingerprint density at radius 3 is 2.70 bits per heavy atom. The highest BCUT2D eigenvalue weighted by Crippen LogP contribution is 2.25. The smallest absolute Gasteiger partial charge is 0.147 e. The minimum atomic E-state index is -0.265. The van der Waals surface area contributed by atoms with Gasteiger partial charge in [0.1, 0.15) is 5.82 Å². The van der Waals surface area contributed by atoms with Crippen molar-refractivity contribution in [2.75, 3.05) is 5.32 Å². The molecule has 20 heavy (non-hydrogen) atoms. The fourth-order valence-electron chi connectivity index (χ4n) is 2.18. The van der Waals surface area contributed by atoms with Crippen LogP contribution in [0, 0.1) is 5.82 Å². The maximum absolute atomic E-state index is 13.7. The average molecular weight is 340 g/mol. The van der Waals surface area contributed by atoms with Gasteiger partial charge in [0.2, 0.25) is 0 Å². The molecule has 3 nitrogen and oxygen atoms in total. The molecule has 0 radical (unpaired) electrons. The molecule has 2 aromatic rings. The first-order valence-corrected chi connectivity index (χ1v) is 7.66. The van der Waals surface area contributed by atoms with Crippen molar-refractivity contribution < 1.29 is 4.39 Å². The van der Waals surface area contributed by atoms with Crippen LogP contribution in [0.1, 0.15) is 38.4 Å². The number of hydrogen-bond acceptors (Lipinski definition) is 2. The number of para-hydroxylation sites is 1. The zero-order valence-electron chi connectivity index (χ0n) is 11.7. The molecule has 108 valence electrons. The summed E-state index contributed by atoms with van der Waals surface area (Å²) in [5, 5.41) is 7.63. The number of hydrogen-bond donors (Lipinski definition) is 1. The minimum Gasteiger partial charge on any atom is -0.376 e. The van der Waals surface area contributed by atoms with E-state index in [0.717, 1.165) is 23.0 Å². The maximum atomic E-state index is 13.7. The highest BCUT2D eigenvalue weighted by molar-refractivity contribution is 9.10. The van der Waals surface area contributed by atoms with Crippen LogP contribution in [-0.2, 0) is 6.54 Å². The molecule has 0 aliphatic carbocycles. The van der Waals surface area contributed by atoms with Crippen LogP contribution in [0.3, 0.4) is 0 Å². The average Bonchev–Trinajstić information content (AvgIpc) is 2.88. The number of nitrogens with zero attached hydrogens (tertiary/aromatic N) is 2. The van der Waals surface area contributed by atoms with E-state index in [1.807, 2.05) is 23.0 Å². The van der Waals surface area contributed by atoms with Crippen LogP contribution in [0.15, 0.2) is 34.9 Å². The van der Waals surface area contributed by atoms with Crippen molar-refractivity contribution in [2.45, 2.75) is 39.3 Å². The topological polar surface area (TPSA) is 29.9 Å². The van der Waals surface area contributed by atoms with Crippen molar-refractivity contribution in [3.63, 3.8) is 0 Å². The van der Waals surface area contributed by atoms with Crippen molar-refractivity contribution >= 4 is 21.6 Å². The van der Waals surface area contributed by atoms with E-state index in [9.17, 15) is 4.39 Å². The van der Waals surface area contributed by atoms with Gasteiger partial charge in [0, 0.05) is 10.7 Å². The Hall–Kier alpha value is -1.36. The first kappa shape index (κ1) is 15.0. The van der Waals surface area contributed by atoms with Crippen LogP contribution in [0.25, 0.3) is 0 Å². The van der Waals surface area contributed by atoms with Crippen LogP contribution >= 0.6 is 15.9 Å². The van der Waals surface area contributed by atoms with Gasteiger partial charge in [0.15, 0.2) is 0 Å². The lowest BCUT2D eigenvalue weighted by Crippen LogP contribution is -2.09. The summed E-state index contributed by atoms with van der Waals surface area (Å²) in [5.74, 6) is -0.265. The van der Waals surface area contributed by atoms with E-state index in [0.29, 0.717) is 18.3 Å². The Morgan fingerprint density at radius 1 is 1.30 bits per heavy atom. The molecule has 5 heteroatoms. The molecule has 0 bridgehead atoms. The van der Waals surface area contributed by atoms with Gasteiger partial charge in [-0.3, -0.25) is 4.68 Å². The van der Waals surface area contributed by atoms with Gasteiger partial charge < -0.3 is 5.32 Å². The Balaban J connectivity index is 2.05. The SMILES string of the molecule is CCC(CC)n1ccc(CNc2c(F)cccc2Br)n1. The summed E-state index contributed by atoms with van der Waals surface area (Å²) in [6, 6.07) is 7.33. The van der Waals surface area contributed by atoms with Gasteiger partial charge in [-0.25, -0.2) is 4.39 Å². The highest BCUT2D eigenvalue weighted by Gasteiger charge is 2.09. The summed E-state index contributed by atoms with van der Waals surface area (Å²) >= 11 is 3.34. The molecule has 0 spiro atoms. The number of benzene rings is 1. The van der Waals surface area contributed by atoms with Gasteiger partial charge in [0.25, 0.3) is 0 Å². The fraction of sp³-hybridized carbons (Fsp3) is 0.400. The molecule has 0 saturated heterocycles. The molecule has 2 rings (SSSR count). The Labute approximate surface area is 127 Å². The van der Waals surface area contributed by atoms with Crippen LogP contribution < -0.4 is 5.32 Å². The molecule has 1 heterocycles. The molecule has 0 saturated carbocycles. The summed E-state index contributed by atoms with van der Waals surface area (Å²) in [6.07, 6.45) is 4.11. The Bertz CT molecular complexity index is 544. The van der Waals surface area contributed by atoms with E-state index in [1.54, 1.807) is 6.07 Å². The maximum Gasteiger partial charge on any atom is 0.147 e. The number of anilines is 1. The number of aromatic nitrogens is 2. The van der Waals surface area contributed by atoms with Crippen molar-refractivity contribution in [3.05, 3.63) is 46.4 Å². The van der Waals surface area contributed by atoms with E-state index < -0.39 is 0 Å². The Morgan fingerprint density at radius 2 is 2.05 bits per heavy atom. The molecule has 1 aromatic heterocycles. The molecule has 0 amide bonds. The van der Waals surface area contributed by atoms with E-state index in [-0.39, 0.29) is 5.82 Å². The van der Waals surface area contributed by atoms with Crippen LogP contribution in [-0.4, -0.2) is 9.78 Å².